The second kappa shape index (κ2) is 10.5. The number of methoxy groups -OCH3 is 1. The second-order valence-corrected chi connectivity index (χ2v) is 9.06. The van der Waals surface area contributed by atoms with Gasteiger partial charge in [-0.1, -0.05) is 36.4 Å². The van der Waals surface area contributed by atoms with E-state index in [9.17, 15) is 9.59 Å². The number of fused-ring (bicyclic) bond motifs is 1. The number of likely N-dealkylation sites (tertiary alicyclic amines) is 1. The van der Waals surface area contributed by atoms with E-state index < -0.39 is 0 Å². The Hall–Kier alpha value is -2.70. The van der Waals surface area contributed by atoms with Gasteiger partial charge in [-0.25, -0.2) is 4.79 Å². The highest BCUT2D eigenvalue weighted by atomic mass is 16.5. The Morgan fingerprint density at radius 3 is 2.24 bits per heavy atom. The maximum atomic E-state index is 13.4. The topological polar surface area (TPSA) is 61.9 Å². The van der Waals surface area contributed by atoms with Crippen LogP contribution < -0.4 is 5.32 Å². The van der Waals surface area contributed by atoms with Crippen molar-refractivity contribution in [1.29, 1.82) is 0 Å². The van der Waals surface area contributed by atoms with Crippen molar-refractivity contribution in [2.45, 2.75) is 57.8 Å². The largest absolute Gasteiger partial charge is 0.465 e. The van der Waals surface area contributed by atoms with Crippen molar-refractivity contribution < 1.29 is 14.3 Å². The van der Waals surface area contributed by atoms with Crippen LogP contribution in [0.2, 0.25) is 0 Å². The van der Waals surface area contributed by atoms with Crippen LogP contribution in [-0.4, -0.2) is 66.5 Å². The van der Waals surface area contributed by atoms with Gasteiger partial charge < -0.3 is 15.0 Å². The van der Waals surface area contributed by atoms with E-state index in [0.717, 1.165) is 44.5 Å². The number of nitrogens with one attached hydrogen (secondary N) is 1. The zero-order valence-electron chi connectivity index (χ0n) is 19.9. The van der Waals surface area contributed by atoms with Crippen molar-refractivity contribution in [2.24, 2.45) is 0 Å². The maximum absolute atomic E-state index is 13.4. The Morgan fingerprint density at radius 2 is 1.67 bits per heavy atom. The van der Waals surface area contributed by atoms with Crippen LogP contribution in [0, 0.1) is 0 Å². The molecule has 1 amide bonds. The Kier molecular flexibility index (Phi) is 7.46. The van der Waals surface area contributed by atoms with Gasteiger partial charge in [0.2, 0.25) is 5.91 Å². The fourth-order valence-electron chi connectivity index (χ4n) is 5.31. The molecule has 1 saturated heterocycles. The SMILES string of the molecule is CCN(CC)C(=O)[C@@H]1C[C@@H](NCc2ccc(C(=O)OC)cc2)CN1C1Cc2ccccc2C1. The summed E-state index contributed by atoms with van der Waals surface area (Å²) in [4.78, 5) is 29.5. The van der Waals surface area contributed by atoms with Gasteiger partial charge in [0.15, 0.2) is 0 Å². The fourth-order valence-corrected chi connectivity index (χ4v) is 5.31. The molecule has 0 unspecified atom stereocenters. The molecule has 1 heterocycles. The van der Waals surface area contributed by atoms with Gasteiger partial charge in [0, 0.05) is 38.3 Å². The molecule has 2 atom stereocenters. The lowest BCUT2D eigenvalue weighted by atomic mass is 10.1. The highest BCUT2D eigenvalue weighted by Crippen LogP contribution is 2.31. The summed E-state index contributed by atoms with van der Waals surface area (Å²) in [7, 11) is 1.39. The lowest BCUT2D eigenvalue weighted by molar-refractivity contribution is -0.136. The third-order valence-corrected chi connectivity index (χ3v) is 7.17. The molecule has 0 radical (unpaired) electrons. The van der Waals surface area contributed by atoms with Gasteiger partial charge in [-0.05, 0) is 61.9 Å². The number of rotatable bonds is 8. The monoisotopic (exact) mass is 449 g/mol. The first-order chi connectivity index (χ1) is 16.0. The Morgan fingerprint density at radius 1 is 1.03 bits per heavy atom. The predicted molar refractivity (Wildman–Crippen MR) is 129 cm³/mol. The van der Waals surface area contributed by atoms with Crippen LogP contribution in [0.3, 0.4) is 0 Å². The number of nitrogens with zero attached hydrogens (tertiary/aromatic N) is 2. The van der Waals surface area contributed by atoms with Crippen LogP contribution >= 0.6 is 0 Å². The maximum Gasteiger partial charge on any atom is 0.337 e. The molecular weight excluding hydrogens is 414 g/mol. The summed E-state index contributed by atoms with van der Waals surface area (Å²) in [5, 5.41) is 3.67. The molecule has 176 valence electrons. The fraction of sp³-hybridized carbons (Fsp3) is 0.481. The van der Waals surface area contributed by atoms with Gasteiger partial charge in [0.1, 0.15) is 0 Å². The van der Waals surface area contributed by atoms with Crippen LogP contribution in [-0.2, 0) is 28.9 Å². The number of hydrogen-bond acceptors (Lipinski definition) is 5. The van der Waals surface area contributed by atoms with Crippen molar-refractivity contribution in [3.8, 4) is 0 Å². The Bertz CT molecular complexity index is 946. The Labute approximate surface area is 196 Å². The summed E-state index contributed by atoms with van der Waals surface area (Å²) in [5.41, 5.74) is 4.50. The Balaban J connectivity index is 1.44. The van der Waals surface area contributed by atoms with E-state index in [0.29, 0.717) is 18.2 Å². The van der Waals surface area contributed by atoms with Gasteiger partial charge in [0.25, 0.3) is 0 Å². The lowest BCUT2D eigenvalue weighted by Crippen LogP contribution is -2.49. The molecule has 0 saturated carbocycles. The van der Waals surface area contributed by atoms with Gasteiger partial charge in [-0.3, -0.25) is 9.69 Å². The first kappa shape index (κ1) is 23.5. The molecule has 0 bridgehead atoms. The van der Waals surface area contributed by atoms with Crippen LogP contribution in [0.15, 0.2) is 48.5 Å². The molecule has 1 N–H and O–H groups in total. The molecule has 0 spiro atoms. The van der Waals surface area contributed by atoms with Gasteiger partial charge in [0.05, 0.1) is 18.7 Å². The van der Waals surface area contributed by atoms with Crippen LogP contribution in [0.4, 0.5) is 0 Å². The summed E-state index contributed by atoms with van der Waals surface area (Å²) < 4.78 is 4.78. The van der Waals surface area contributed by atoms with Gasteiger partial charge in [-0.15, -0.1) is 0 Å². The number of esters is 1. The van der Waals surface area contributed by atoms with E-state index in [-0.39, 0.29) is 24.0 Å². The van der Waals surface area contributed by atoms with Crippen LogP contribution in [0.25, 0.3) is 0 Å². The molecule has 0 aromatic heterocycles. The molecular formula is C27H35N3O3. The number of hydrogen-bond donors (Lipinski definition) is 1. The zero-order chi connectivity index (χ0) is 23.4. The van der Waals surface area contributed by atoms with Crippen molar-refractivity contribution >= 4 is 11.9 Å². The standard InChI is InChI=1S/C27H35N3O3/c1-4-29(5-2)26(31)25-16-23(28-17-19-10-12-20(13-11-19)27(32)33-3)18-30(25)24-14-21-8-6-7-9-22(21)15-24/h6-13,23-25,28H,4-5,14-18H2,1-3H3/t23-,25+/m1/s1. The van der Waals surface area contributed by atoms with Crippen LogP contribution in [0.1, 0.15) is 47.3 Å². The molecule has 1 aliphatic carbocycles. The average molecular weight is 450 g/mol. The number of likely N-dealkylation sites (N-methyl/N-ethyl adjacent to an activating group) is 1. The molecule has 4 rings (SSSR count). The number of carbonyl (C=O) groups excluding carboxylic acids is 2. The molecule has 2 aliphatic rings. The first-order valence-electron chi connectivity index (χ1n) is 12.1. The highest BCUT2D eigenvalue weighted by molar-refractivity contribution is 5.89. The third-order valence-electron chi connectivity index (χ3n) is 7.17. The zero-order valence-corrected chi connectivity index (χ0v) is 19.9. The van der Waals surface area contributed by atoms with Crippen molar-refractivity contribution in [1.82, 2.24) is 15.1 Å². The molecule has 6 nitrogen and oxygen atoms in total. The van der Waals surface area contributed by atoms with Crippen molar-refractivity contribution in [2.75, 3.05) is 26.7 Å². The van der Waals surface area contributed by atoms with E-state index in [1.165, 1.54) is 18.2 Å². The minimum Gasteiger partial charge on any atom is -0.465 e. The highest BCUT2D eigenvalue weighted by Gasteiger charge is 2.42. The summed E-state index contributed by atoms with van der Waals surface area (Å²) in [6.07, 6.45) is 2.85. The van der Waals surface area contributed by atoms with E-state index >= 15 is 0 Å². The number of carbonyl (C=O) groups is 2. The average Bonchev–Trinajstić information content (AvgIpc) is 3.47. The second-order valence-electron chi connectivity index (χ2n) is 9.06. The van der Waals surface area contributed by atoms with E-state index in [2.05, 4.69) is 48.3 Å². The molecule has 2 aromatic carbocycles. The summed E-state index contributed by atoms with van der Waals surface area (Å²) >= 11 is 0. The summed E-state index contributed by atoms with van der Waals surface area (Å²) in [6.45, 7) is 7.18. The van der Waals surface area contributed by atoms with Crippen LogP contribution in [0.5, 0.6) is 0 Å². The molecule has 1 fully saturated rings. The molecule has 33 heavy (non-hydrogen) atoms. The van der Waals surface area contributed by atoms with E-state index in [1.54, 1.807) is 12.1 Å². The van der Waals surface area contributed by atoms with Crippen molar-refractivity contribution in [3.63, 3.8) is 0 Å². The molecule has 1 aliphatic heterocycles. The van der Waals surface area contributed by atoms with Gasteiger partial charge in [-0.2, -0.15) is 0 Å². The molecule has 2 aromatic rings. The predicted octanol–water partition coefficient (Wildman–Crippen LogP) is 3.04. The number of amides is 1. The number of benzene rings is 2. The normalized spacial score (nSPS) is 20.6. The first-order valence-corrected chi connectivity index (χ1v) is 12.1. The van der Waals surface area contributed by atoms with Gasteiger partial charge >= 0.3 is 5.97 Å². The quantitative estimate of drug-likeness (QED) is 0.628. The number of ether oxygens (including phenoxy) is 1. The molecule has 6 heteroatoms. The summed E-state index contributed by atoms with van der Waals surface area (Å²) in [6, 6.07) is 16.7. The third kappa shape index (κ3) is 5.12. The smallest absolute Gasteiger partial charge is 0.337 e. The van der Waals surface area contributed by atoms with Crippen molar-refractivity contribution in [3.05, 3.63) is 70.8 Å². The summed E-state index contributed by atoms with van der Waals surface area (Å²) in [5.74, 6) is -0.0704. The van der Waals surface area contributed by atoms with E-state index in [4.69, 9.17) is 4.74 Å². The van der Waals surface area contributed by atoms with E-state index in [1.807, 2.05) is 17.0 Å². The minimum atomic E-state index is -0.323. The lowest BCUT2D eigenvalue weighted by Gasteiger charge is -2.32. The minimum absolute atomic E-state index is 0.0802.